The summed E-state index contributed by atoms with van der Waals surface area (Å²) in [6.45, 7) is 5.42. The Morgan fingerprint density at radius 3 is 2.68 bits per heavy atom. The van der Waals surface area contributed by atoms with Crippen LogP contribution in [0.3, 0.4) is 0 Å². The maximum Gasteiger partial charge on any atom is 0.242 e. The molecule has 0 bridgehead atoms. The summed E-state index contributed by atoms with van der Waals surface area (Å²) in [7, 11) is 0. The van der Waals surface area contributed by atoms with Crippen LogP contribution in [-0.2, 0) is 17.9 Å². The molecule has 8 heteroatoms. The van der Waals surface area contributed by atoms with E-state index < -0.39 is 0 Å². The predicted molar refractivity (Wildman–Crippen MR) is 92.8 cm³/mol. The van der Waals surface area contributed by atoms with Crippen LogP contribution in [0.1, 0.15) is 0 Å². The van der Waals surface area contributed by atoms with Gasteiger partial charge in [-0.1, -0.05) is 12.1 Å². The molecule has 0 radical (unpaired) electrons. The Hall–Kier alpha value is -2.74. The van der Waals surface area contributed by atoms with Gasteiger partial charge in [-0.15, -0.1) is 0 Å². The predicted octanol–water partition coefficient (Wildman–Crippen LogP) is 0.472. The fourth-order valence-corrected chi connectivity index (χ4v) is 3.19. The lowest BCUT2D eigenvalue weighted by atomic mass is 10.3. The Labute approximate surface area is 145 Å². The maximum absolute atomic E-state index is 12.6. The molecule has 0 atom stereocenters. The Bertz CT molecular complexity index is 834. The molecular formula is C17H21N7O. The maximum atomic E-state index is 12.6. The Balaban J connectivity index is 1.29. The first-order valence-corrected chi connectivity index (χ1v) is 8.52. The molecule has 0 spiro atoms. The van der Waals surface area contributed by atoms with Crippen LogP contribution in [0, 0.1) is 0 Å². The molecule has 130 valence electrons. The molecule has 1 amide bonds. The van der Waals surface area contributed by atoms with E-state index in [1.807, 2.05) is 38.4 Å². The number of amides is 1. The van der Waals surface area contributed by atoms with Crippen LogP contribution in [0.4, 0.5) is 0 Å². The van der Waals surface area contributed by atoms with Crippen molar-refractivity contribution >= 4 is 16.9 Å². The first kappa shape index (κ1) is 15.8. The highest BCUT2D eigenvalue weighted by atomic mass is 16.2. The van der Waals surface area contributed by atoms with Crippen LogP contribution < -0.4 is 0 Å². The molecule has 0 N–H and O–H groups in total. The van der Waals surface area contributed by atoms with E-state index in [1.165, 1.54) is 0 Å². The fraction of sp³-hybridized carbons (Fsp3) is 0.412. The van der Waals surface area contributed by atoms with Gasteiger partial charge in [0.25, 0.3) is 0 Å². The summed E-state index contributed by atoms with van der Waals surface area (Å²) < 4.78 is 3.76. The standard InChI is InChI=1S/C17H21N7O/c25-17(11-23-14-19-15-3-1-2-4-16(15)23)22-8-5-21(6-9-22)7-10-24-13-18-12-20-24/h1-4,12-14H,5-11H2. The molecule has 1 saturated heterocycles. The van der Waals surface area contributed by atoms with Gasteiger partial charge in [-0.25, -0.2) is 9.97 Å². The molecule has 0 unspecified atom stereocenters. The van der Waals surface area contributed by atoms with Gasteiger partial charge in [-0.05, 0) is 12.1 Å². The van der Waals surface area contributed by atoms with Gasteiger partial charge in [0.05, 0.1) is 23.9 Å². The number of hydrogen-bond donors (Lipinski definition) is 0. The molecule has 1 aliphatic heterocycles. The van der Waals surface area contributed by atoms with E-state index in [0.29, 0.717) is 6.54 Å². The van der Waals surface area contributed by atoms with Crippen molar-refractivity contribution in [2.45, 2.75) is 13.1 Å². The summed E-state index contributed by atoms with van der Waals surface area (Å²) >= 11 is 0. The minimum absolute atomic E-state index is 0.152. The number of nitrogens with zero attached hydrogens (tertiary/aromatic N) is 7. The molecule has 2 aromatic heterocycles. The van der Waals surface area contributed by atoms with Crippen molar-refractivity contribution < 1.29 is 4.79 Å². The summed E-state index contributed by atoms with van der Waals surface area (Å²) in [5.41, 5.74) is 1.93. The van der Waals surface area contributed by atoms with Crippen molar-refractivity contribution in [2.75, 3.05) is 32.7 Å². The van der Waals surface area contributed by atoms with Crippen LogP contribution >= 0.6 is 0 Å². The number of carbonyl (C=O) groups is 1. The largest absolute Gasteiger partial charge is 0.339 e. The molecule has 25 heavy (non-hydrogen) atoms. The number of para-hydroxylation sites is 2. The Morgan fingerprint density at radius 2 is 1.88 bits per heavy atom. The van der Waals surface area contributed by atoms with Gasteiger partial charge in [-0.3, -0.25) is 14.4 Å². The van der Waals surface area contributed by atoms with E-state index in [4.69, 9.17) is 0 Å². The summed E-state index contributed by atoms with van der Waals surface area (Å²) in [5.74, 6) is 0.152. The van der Waals surface area contributed by atoms with Crippen LogP contribution in [0.15, 0.2) is 43.2 Å². The van der Waals surface area contributed by atoms with Gasteiger partial charge >= 0.3 is 0 Å². The second-order valence-corrected chi connectivity index (χ2v) is 6.24. The van der Waals surface area contributed by atoms with Crippen LogP contribution in [0.25, 0.3) is 11.0 Å². The van der Waals surface area contributed by atoms with Crippen molar-refractivity contribution in [3.8, 4) is 0 Å². The number of fused-ring (bicyclic) bond motifs is 1. The van der Waals surface area contributed by atoms with E-state index in [2.05, 4.69) is 20.0 Å². The minimum Gasteiger partial charge on any atom is -0.339 e. The molecular weight excluding hydrogens is 318 g/mol. The lowest BCUT2D eigenvalue weighted by Crippen LogP contribution is -2.50. The van der Waals surface area contributed by atoms with E-state index in [0.717, 1.165) is 50.3 Å². The smallest absolute Gasteiger partial charge is 0.242 e. The highest BCUT2D eigenvalue weighted by Gasteiger charge is 2.21. The van der Waals surface area contributed by atoms with Gasteiger partial charge in [0.15, 0.2) is 0 Å². The van der Waals surface area contributed by atoms with E-state index in [-0.39, 0.29) is 5.91 Å². The highest BCUT2D eigenvalue weighted by molar-refractivity contribution is 5.80. The lowest BCUT2D eigenvalue weighted by Gasteiger charge is -2.34. The quantitative estimate of drug-likeness (QED) is 0.676. The van der Waals surface area contributed by atoms with Crippen molar-refractivity contribution in [2.24, 2.45) is 0 Å². The Kier molecular flexibility index (Phi) is 4.43. The SMILES string of the molecule is O=C(Cn1cnc2ccccc21)N1CCN(CCn2cncn2)CC1. The zero-order chi connectivity index (χ0) is 17.1. The minimum atomic E-state index is 0.152. The molecule has 0 saturated carbocycles. The van der Waals surface area contributed by atoms with Crippen LogP contribution in [-0.4, -0.2) is 72.7 Å². The zero-order valence-electron chi connectivity index (χ0n) is 14.0. The first-order chi connectivity index (χ1) is 12.3. The topological polar surface area (TPSA) is 72.1 Å². The highest BCUT2D eigenvalue weighted by Crippen LogP contribution is 2.12. The number of piperazine rings is 1. The Morgan fingerprint density at radius 1 is 1.04 bits per heavy atom. The lowest BCUT2D eigenvalue weighted by molar-refractivity contribution is -0.133. The van der Waals surface area contributed by atoms with Gasteiger partial charge in [0, 0.05) is 32.7 Å². The van der Waals surface area contributed by atoms with Gasteiger partial charge in [0.2, 0.25) is 5.91 Å². The normalized spacial score (nSPS) is 15.8. The molecule has 1 aliphatic rings. The number of hydrogen-bond acceptors (Lipinski definition) is 5. The van der Waals surface area contributed by atoms with Gasteiger partial charge in [0.1, 0.15) is 19.2 Å². The van der Waals surface area contributed by atoms with Crippen LogP contribution in [0.2, 0.25) is 0 Å². The molecule has 1 fully saturated rings. The van der Waals surface area contributed by atoms with Crippen molar-refractivity contribution in [1.29, 1.82) is 0 Å². The molecule has 1 aromatic carbocycles. The number of rotatable bonds is 5. The van der Waals surface area contributed by atoms with Crippen molar-refractivity contribution in [1.82, 2.24) is 34.1 Å². The average Bonchev–Trinajstić information content (AvgIpc) is 3.31. The van der Waals surface area contributed by atoms with E-state index in [9.17, 15) is 4.79 Å². The molecule has 3 aromatic rings. The third-order valence-corrected chi connectivity index (χ3v) is 4.67. The monoisotopic (exact) mass is 339 g/mol. The zero-order valence-corrected chi connectivity index (χ0v) is 14.0. The second-order valence-electron chi connectivity index (χ2n) is 6.24. The fourth-order valence-electron chi connectivity index (χ4n) is 3.19. The summed E-state index contributed by atoms with van der Waals surface area (Å²) in [6, 6.07) is 7.89. The number of benzene rings is 1. The van der Waals surface area contributed by atoms with Crippen molar-refractivity contribution in [3.05, 3.63) is 43.2 Å². The molecule has 8 nitrogen and oxygen atoms in total. The van der Waals surface area contributed by atoms with E-state index >= 15 is 0 Å². The third-order valence-electron chi connectivity index (χ3n) is 4.67. The van der Waals surface area contributed by atoms with E-state index in [1.54, 1.807) is 19.0 Å². The second kappa shape index (κ2) is 7.02. The molecule has 3 heterocycles. The number of imidazole rings is 1. The molecule has 0 aliphatic carbocycles. The molecule has 4 rings (SSSR count). The first-order valence-electron chi connectivity index (χ1n) is 8.52. The van der Waals surface area contributed by atoms with Crippen LogP contribution in [0.5, 0.6) is 0 Å². The van der Waals surface area contributed by atoms with Gasteiger partial charge in [-0.2, -0.15) is 5.10 Å². The number of aromatic nitrogens is 5. The third kappa shape index (κ3) is 3.53. The number of carbonyl (C=O) groups excluding carboxylic acids is 1. The summed E-state index contributed by atoms with van der Waals surface area (Å²) in [4.78, 5) is 25.2. The average molecular weight is 339 g/mol. The van der Waals surface area contributed by atoms with Gasteiger partial charge < -0.3 is 9.47 Å². The summed E-state index contributed by atoms with van der Waals surface area (Å²) in [6.07, 6.45) is 5.03. The summed E-state index contributed by atoms with van der Waals surface area (Å²) in [5, 5.41) is 4.12. The van der Waals surface area contributed by atoms with Crippen molar-refractivity contribution in [3.63, 3.8) is 0 Å².